The van der Waals surface area contributed by atoms with Gasteiger partial charge in [0.1, 0.15) is 10.6 Å². The highest BCUT2D eigenvalue weighted by Gasteiger charge is 2.39. The predicted molar refractivity (Wildman–Crippen MR) is 70.4 cm³/mol. The van der Waals surface area contributed by atoms with E-state index >= 15 is 0 Å². The standard InChI is InChI=1S/C12H16N4O3S/c1-8-12(9(2)19-15-8)20(17,18)16-7-3-4-11(16)10-5-6-13-14-10/h5-6,11H,3-4,7H2,1-2H3,(H,13,14)/t11-/m0/s1. The summed E-state index contributed by atoms with van der Waals surface area (Å²) in [4.78, 5) is 0.184. The van der Waals surface area contributed by atoms with Crippen molar-refractivity contribution in [2.24, 2.45) is 0 Å². The van der Waals surface area contributed by atoms with Gasteiger partial charge in [-0.3, -0.25) is 5.10 Å². The number of hydrogen-bond acceptors (Lipinski definition) is 5. The largest absolute Gasteiger partial charge is 0.360 e. The van der Waals surface area contributed by atoms with Crippen LogP contribution in [0.5, 0.6) is 0 Å². The molecule has 0 aliphatic carbocycles. The van der Waals surface area contributed by atoms with Gasteiger partial charge in [-0.2, -0.15) is 9.40 Å². The Bertz CT molecular complexity index is 686. The Kier molecular flexibility index (Phi) is 3.14. The maximum absolute atomic E-state index is 12.8. The first-order valence-corrected chi connectivity index (χ1v) is 7.90. The SMILES string of the molecule is Cc1noc(C)c1S(=O)(=O)N1CCC[C@H]1c1ccn[nH]1. The quantitative estimate of drug-likeness (QED) is 0.927. The van der Waals surface area contributed by atoms with Crippen LogP contribution in [0.2, 0.25) is 0 Å². The third kappa shape index (κ3) is 1.95. The summed E-state index contributed by atoms with van der Waals surface area (Å²) in [5, 5.41) is 10.5. The van der Waals surface area contributed by atoms with Gasteiger partial charge in [-0.25, -0.2) is 8.42 Å². The van der Waals surface area contributed by atoms with E-state index in [0.29, 0.717) is 18.0 Å². The first kappa shape index (κ1) is 13.3. The average Bonchev–Trinajstić information content (AvgIpc) is 3.08. The summed E-state index contributed by atoms with van der Waals surface area (Å²) in [7, 11) is -3.60. The van der Waals surface area contributed by atoms with E-state index in [9.17, 15) is 8.42 Å². The number of aromatic nitrogens is 3. The summed E-state index contributed by atoms with van der Waals surface area (Å²) >= 11 is 0. The van der Waals surface area contributed by atoms with Crippen molar-refractivity contribution in [1.82, 2.24) is 19.7 Å². The summed E-state index contributed by atoms with van der Waals surface area (Å²) in [5.41, 5.74) is 1.22. The Morgan fingerprint density at radius 1 is 1.45 bits per heavy atom. The van der Waals surface area contributed by atoms with E-state index in [0.717, 1.165) is 18.5 Å². The first-order valence-electron chi connectivity index (χ1n) is 6.46. The van der Waals surface area contributed by atoms with Gasteiger partial charge < -0.3 is 4.52 Å². The molecule has 1 saturated heterocycles. The van der Waals surface area contributed by atoms with E-state index in [-0.39, 0.29) is 10.9 Å². The molecular weight excluding hydrogens is 280 g/mol. The topological polar surface area (TPSA) is 92.1 Å². The third-order valence-corrected chi connectivity index (χ3v) is 5.77. The third-order valence-electron chi connectivity index (χ3n) is 3.62. The zero-order chi connectivity index (χ0) is 14.3. The van der Waals surface area contributed by atoms with Crippen LogP contribution in [0.3, 0.4) is 0 Å². The molecule has 7 nitrogen and oxygen atoms in total. The second-order valence-electron chi connectivity index (χ2n) is 4.94. The number of nitrogens with one attached hydrogen (secondary N) is 1. The second-order valence-corrected chi connectivity index (χ2v) is 6.77. The lowest BCUT2D eigenvalue weighted by molar-refractivity contribution is 0.381. The van der Waals surface area contributed by atoms with Crippen molar-refractivity contribution in [2.45, 2.75) is 37.6 Å². The smallest absolute Gasteiger partial charge is 0.249 e. The van der Waals surface area contributed by atoms with Crippen LogP contribution in [0, 0.1) is 13.8 Å². The van der Waals surface area contributed by atoms with Crippen LogP contribution in [0.1, 0.15) is 36.0 Å². The van der Waals surface area contributed by atoms with Gasteiger partial charge in [0.25, 0.3) is 0 Å². The fraction of sp³-hybridized carbons (Fsp3) is 0.500. The van der Waals surface area contributed by atoms with Crippen molar-refractivity contribution in [3.05, 3.63) is 29.4 Å². The summed E-state index contributed by atoms with van der Waals surface area (Å²) in [6, 6.07) is 1.61. The minimum Gasteiger partial charge on any atom is -0.360 e. The van der Waals surface area contributed by atoms with E-state index in [1.807, 2.05) is 6.07 Å². The molecule has 1 fully saturated rings. The van der Waals surface area contributed by atoms with Crippen molar-refractivity contribution in [2.75, 3.05) is 6.54 Å². The van der Waals surface area contributed by atoms with Crippen molar-refractivity contribution in [1.29, 1.82) is 0 Å². The highest BCUT2D eigenvalue weighted by atomic mass is 32.2. The molecule has 8 heteroatoms. The number of aryl methyl sites for hydroxylation is 2. The zero-order valence-electron chi connectivity index (χ0n) is 11.3. The van der Waals surface area contributed by atoms with E-state index in [1.165, 1.54) is 4.31 Å². The van der Waals surface area contributed by atoms with Crippen molar-refractivity contribution in [3.63, 3.8) is 0 Å². The van der Waals surface area contributed by atoms with Crippen LogP contribution < -0.4 is 0 Å². The predicted octanol–water partition coefficient (Wildman–Crippen LogP) is 1.54. The lowest BCUT2D eigenvalue weighted by Crippen LogP contribution is -2.31. The Labute approximate surface area is 117 Å². The molecule has 2 aromatic heterocycles. The number of hydrogen-bond donors (Lipinski definition) is 1. The number of aromatic amines is 1. The fourth-order valence-corrected chi connectivity index (χ4v) is 4.72. The van der Waals surface area contributed by atoms with Crippen molar-refractivity contribution in [3.8, 4) is 0 Å². The summed E-state index contributed by atoms with van der Waals surface area (Å²) < 4.78 is 32.2. The lowest BCUT2D eigenvalue weighted by Gasteiger charge is -2.22. The van der Waals surface area contributed by atoms with E-state index in [2.05, 4.69) is 15.4 Å². The first-order chi connectivity index (χ1) is 9.51. The number of rotatable bonds is 3. The Morgan fingerprint density at radius 3 is 2.85 bits per heavy atom. The van der Waals surface area contributed by atoms with Crippen LogP contribution in [0.15, 0.2) is 21.7 Å². The summed E-state index contributed by atoms with van der Waals surface area (Å²) in [6.45, 7) is 3.76. The van der Waals surface area contributed by atoms with Crippen LogP contribution in [-0.4, -0.2) is 34.6 Å². The average molecular weight is 296 g/mol. The van der Waals surface area contributed by atoms with E-state index in [4.69, 9.17) is 4.52 Å². The molecule has 2 aromatic rings. The fourth-order valence-electron chi connectivity index (χ4n) is 2.75. The molecule has 0 amide bonds. The zero-order valence-corrected chi connectivity index (χ0v) is 12.1. The molecule has 108 valence electrons. The molecule has 1 N–H and O–H groups in total. The lowest BCUT2D eigenvalue weighted by atomic mass is 10.2. The highest BCUT2D eigenvalue weighted by molar-refractivity contribution is 7.89. The van der Waals surface area contributed by atoms with Gasteiger partial charge in [-0.05, 0) is 32.8 Å². The van der Waals surface area contributed by atoms with Crippen LogP contribution in [-0.2, 0) is 10.0 Å². The summed E-state index contributed by atoms with van der Waals surface area (Å²) in [5.74, 6) is 0.331. The molecule has 0 radical (unpaired) electrons. The van der Waals surface area contributed by atoms with Crippen LogP contribution in [0.25, 0.3) is 0 Å². The Balaban J connectivity index is 2.03. The van der Waals surface area contributed by atoms with Crippen LogP contribution >= 0.6 is 0 Å². The second kappa shape index (κ2) is 4.71. The molecule has 0 aromatic carbocycles. The maximum Gasteiger partial charge on any atom is 0.249 e. The number of nitrogens with zero attached hydrogens (tertiary/aromatic N) is 3. The van der Waals surface area contributed by atoms with Crippen LogP contribution in [0.4, 0.5) is 0 Å². The minimum atomic E-state index is -3.60. The molecule has 3 rings (SSSR count). The molecule has 3 heterocycles. The minimum absolute atomic E-state index is 0.184. The highest BCUT2D eigenvalue weighted by Crippen LogP contribution is 2.37. The van der Waals surface area contributed by atoms with Gasteiger partial charge in [0, 0.05) is 12.7 Å². The molecule has 1 aliphatic rings. The van der Waals surface area contributed by atoms with Gasteiger partial charge in [0.2, 0.25) is 10.0 Å². The van der Waals surface area contributed by atoms with Crippen molar-refractivity contribution >= 4 is 10.0 Å². The monoisotopic (exact) mass is 296 g/mol. The molecule has 20 heavy (non-hydrogen) atoms. The van der Waals surface area contributed by atoms with Gasteiger partial charge in [-0.1, -0.05) is 5.16 Å². The molecule has 1 atom stereocenters. The van der Waals surface area contributed by atoms with Gasteiger partial charge in [0.15, 0.2) is 5.76 Å². The Hall–Kier alpha value is -1.67. The molecule has 1 aliphatic heterocycles. The van der Waals surface area contributed by atoms with Gasteiger partial charge in [-0.15, -0.1) is 0 Å². The molecular formula is C12H16N4O3S. The summed E-state index contributed by atoms with van der Waals surface area (Å²) in [6.07, 6.45) is 3.24. The number of sulfonamides is 1. The van der Waals surface area contributed by atoms with E-state index < -0.39 is 10.0 Å². The van der Waals surface area contributed by atoms with Crippen molar-refractivity contribution < 1.29 is 12.9 Å². The van der Waals surface area contributed by atoms with E-state index in [1.54, 1.807) is 20.0 Å². The molecule has 0 unspecified atom stereocenters. The number of H-pyrrole nitrogens is 1. The van der Waals surface area contributed by atoms with Gasteiger partial charge >= 0.3 is 0 Å². The normalized spacial score (nSPS) is 20.6. The van der Waals surface area contributed by atoms with Gasteiger partial charge in [0.05, 0.1) is 11.7 Å². The molecule has 0 saturated carbocycles. The molecule has 0 bridgehead atoms. The maximum atomic E-state index is 12.8. The Morgan fingerprint density at radius 2 is 2.25 bits per heavy atom. The molecule has 0 spiro atoms.